The Morgan fingerprint density at radius 1 is 1.12 bits per heavy atom. The molecule has 1 heteroatoms. The van der Waals surface area contributed by atoms with Crippen molar-refractivity contribution >= 4 is 5.78 Å². The summed E-state index contributed by atoms with van der Waals surface area (Å²) in [5.41, 5.74) is 4.15. The molecule has 0 atom stereocenters. The molecule has 0 saturated heterocycles. The van der Waals surface area contributed by atoms with Crippen molar-refractivity contribution in [2.45, 2.75) is 73.1 Å². The molecule has 0 bridgehead atoms. The summed E-state index contributed by atoms with van der Waals surface area (Å²) in [5.74, 6) is 0.168. The van der Waals surface area contributed by atoms with Gasteiger partial charge >= 0.3 is 0 Å². The van der Waals surface area contributed by atoms with Crippen LogP contribution in [0, 0.1) is 5.41 Å². The Hall–Kier alpha value is -0.810. The first-order valence-corrected chi connectivity index (χ1v) is 6.84. The standard InChI is InChI=1S/C16H28O/c1-6-7-8-9-10-11-15(14(2)17)12-13-16(3,4)5/h13H,6-11H2,1-5H3. The van der Waals surface area contributed by atoms with Gasteiger partial charge in [0.15, 0.2) is 5.78 Å². The Kier molecular flexibility index (Phi) is 7.91. The summed E-state index contributed by atoms with van der Waals surface area (Å²) in [4.78, 5) is 11.5. The molecule has 0 aromatic rings. The maximum absolute atomic E-state index is 11.5. The van der Waals surface area contributed by atoms with E-state index in [4.69, 9.17) is 0 Å². The molecule has 0 radical (unpaired) electrons. The summed E-state index contributed by atoms with van der Waals surface area (Å²) >= 11 is 0. The molecule has 0 unspecified atom stereocenters. The van der Waals surface area contributed by atoms with E-state index in [0.29, 0.717) is 0 Å². The zero-order chi connectivity index (χ0) is 13.3. The van der Waals surface area contributed by atoms with E-state index < -0.39 is 0 Å². The Morgan fingerprint density at radius 3 is 2.18 bits per heavy atom. The van der Waals surface area contributed by atoms with E-state index in [1.807, 2.05) is 6.08 Å². The largest absolute Gasteiger partial charge is 0.294 e. The molecule has 98 valence electrons. The van der Waals surface area contributed by atoms with Crippen LogP contribution in [0.1, 0.15) is 73.1 Å². The predicted octanol–water partition coefficient (Wildman–Crippen LogP) is 5.06. The van der Waals surface area contributed by atoms with Gasteiger partial charge in [-0.05, 0) is 31.3 Å². The van der Waals surface area contributed by atoms with E-state index in [1.165, 1.54) is 25.7 Å². The molecule has 0 heterocycles. The molecule has 0 saturated carbocycles. The van der Waals surface area contributed by atoms with Gasteiger partial charge < -0.3 is 0 Å². The minimum Gasteiger partial charge on any atom is -0.294 e. The van der Waals surface area contributed by atoms with Crippen LogP contribution in [0.25, 0.3) is 0 Å². The van der Waals surface area contributed by atoms with E-state index in [9.17, 15) is 4.79 Å². The zero-order valence-corrected chi connectivity index (χ0v) is 12.2. The lowest BCUT2D eigenvalue weighted by Gasteiger charge is -2.09. The van der Waals surface area contributed by atoms with Crippen LogP contribution in [-0.2, 0) is 4.79 Å². The van der Waals surface area contributed by atoms with Gasteiger partial charge in [0, 0.05) is 5.57 Å². The van der Waals surface area contributed by atoms with Crippen LogP contribution in [0.15, 0.2) is 17.4 Å². The van der Waals surface area contributed by atoms with Crippen LogP contribution in [0.2, 0.25) is 0 Å². The van der Waals surface area contributed by atoms with Gasteiger partial charge in [0.2, 0.25) is 0 Å². The van der Waals surface area contributed by atoms with Gasteiger partial charge in [-0.1, -0.05) is 53.4 Å². The lowest BCUT2D eigenvalue weighted by Crippen LogP contribution is -2.00. The molecular weight excluding hydrogens is 208 g/mol. The highest BCUT2D eigenvalue weighted by molar-refractivity contribution is 5.92. The van der Waals surface area contributed by atoms with Crippen LogP contribution in [0.5, 0.6) is 0 Å². The molecule has 0 spiro atoms. The third-order valence-corrected chi connectivity index (χ3v) is 2.63. The second-order valence-electron chi connectivity index (χ2n) is 5.85. The van der Waals surface area contributed by atoms with Crippen LogP contribution in [-0.4, -0.2) is 5.78 Å². The molecule has 1 nitrogen and oxygen atoms in total. The monoisotopic (exact) mass is 236 g/mol. The Balaban J connectivity index is 4.27. The number of hydrogen-bond acceptors (Lipinski definition) is 1. The van der Waals surface area contributed by atoms with Gasteiger partial charge in [0.25, 0.3) is 0 Å². The summed E-state index contributed by atoms with van der Waals surface area (Å²) in [7, 11) is 0. The van der Waals surface area contributed by atoms with Crippen molar-refractivity contribution in [3.63, 3.8) is 0 Å². The minimum absolute atomic E-state index is 0.100. The maximum Gasteiger partial charge on any atom is 0.163 e. The molecule has 0 aliphatic rings. The molecule has 0 amide bonds. The van der Waals surface area contributed by atoms with Crippen molar-refractivity contribution in [1.82, 2.24) is 0 Å². The first-order valence-electron chi connectivity index (χ1n) is 6.84. The molecule has 0 aliphatic heterocycles. The molecule has 0 rings (SSSR count). The van der Waals surface area contributed by atoms with E-state index in [1.54, 1.807) is 6.92 Å². The van der Waals surface area contributed by atoms with Crippen molar-refractivity contribution in [1.29, 1.82) is 0 Å². The summed E-state index contributed by atoms with van der Waals surface area (Å²) in [6.45, 7) is 10.2. The van der Waals surface area contributed by atoms with E-state index in [2.05, 4.69) is 33.4 Å². The van der Waals surface area contributed by atoms with Crippen LogP contribution >= 0.6 is 0 Å². The first kappa shape index (κ1) is 16.2. The lowest BCUT2D eigenvalue weighted by molar-refractivity contribution is -0.113. The number of rotatable bonds is 7. The molecular formula is C16H28O. The first-order chi connectivity index (χ1) is 7.87. The second kappa shape index (κ2) is 8.31. The minimum atomic E-state index is 0.100. The third-order valence-electron chi connectivity index (χ3n) is 2.63. The second-order valence-corrected chi connectivity index (χ2v) is 5.85. The van der Waals surface area contributed by atoms with Crippen LogP contribution in [0.4, 0.5) is 0 Å². The van der Waals surface area contributed by atoms with Gasteiger partial charge in [-0.2, -0.15) is 0 Å². The fourth-order valence-electron chi connectivity index (χ4n) is 1.56. The molecule has 0 aromatic carbocycles. The molecule has 0 N–H and O–H groups in total. The summed E-state index contributed by atoms with van der Waals surface area (Å²) in [5, 5.41) is 0. The van der Waals surface area contributed by atoms with Crippen molar-refractivity contribution in [3.05, 3.63) is 17.4 Å². The predicted molar refractivity (Wildman–Crippen MR) is 75.1 cm³/mol. The van der Waals surface area contributed by atoms with Gasteiger partial charge in [-0.15, -0.1) is 5.73 Å². The maximum atomic E-state index is 11.5. The normalized spacial score (nSPS) is 10.9. The van der Waals surface area contributed by atoms with E-state index in [0.717, 1.165) is 18.4 Å². The number of ketones is 1. The van der Waals surface area contributed by atoms with Crippen LogP contribution in [0.3, 0.4) is 0 Å². The Labute approximate surface area is 107 Å². The molecule has 0 aromatic heterocycles. The van der Waals surface area contributed by atoms with E-state index >= 15 is 0 Å². The van der Waals surface area contributed by atoms with Gasteiger partial charge in [-0.25, -0.2) is 0 Å². The number of Topliss-reactive ketones (excluding diaryl/α,β-unsaturated/α-hetero) is 1. The highest BCUT2D eigenvalue weighted by atomic mass is 16.1. The summed E-state index contributed by atoms with van der Waals surface area (Å²) in [6, 6.07) is 0. The average Bonchev–Trinajstić information content (AvgIpc) is 2.20. The highest BCUT2D eigenvalue weighted by Gasteiger charge is 2.06. The zero-order valence-electron chi connectivity index (χ0n) is 12.2. The number of allylic oxidation sites excluding steroid dienone is 1. The quantitative estimate of drug-likeness (QED) is 0.343. The van der Waals surface area contributed by atoms with Crippen LogP contribution < -0.4 is 0 Å². The highest BCUT2D eigenvalue weighted by Crippen LogP contribution is 2.16. The fraction of sp³-hybridized carbons (Fsp3) is 0.750. The van der Waals surface area contributed by atoms with Gasteiger partial charge in [0.05, 0.1) is 0 Å². The number of hydrogen-bond donors (Lipinski definition) is 0. The fourth-order valence-corrected chi connectivity index (χ4v) is 1.56. The Bertz CT molecular complexity index is 285. The van der Waals surface area contributed by atoms with Crippen molar-refractivity contribution < 1.29 is 4.79 Å². The summed E-state index contributed by atoms with van der Waals surface area (Å²) in [6.07, 6.45) is 9.07. The van der Waals surface area contributed by atoms with E-state index in [-0.39, 0.29) is 11.2 Å². The smallest absolute Gasteiger partial charge is 0.163 e. The number of carbonyl (C=O) groups is 1. The molecule has 17 heavy (non-hydrogen) atoms. The van der Waals surface area contributed by atoms with Crippen molar-refractivity contribution in [2.24, 2.45) is 5.41 Å². The van der Waals surface area contributed by atoms with Crippen molar-refractivity contribution in [3.8, 4) is 0 Å². The third kappa shape index (κ3) is 10.1. The SMILES string of the molecule is CCCCCCCC(=C=CC(C)(C)C)C(C)=O. The summed E-state index contributed by atoms with van der Waals surface area (Å²) < 4.78 is 0. The lowest BCUT2D eigenvalue weighted by atomic mass is 9.95. The number of unbranched alkanes of at least 4 members (excludes halogenated alkanes) is 4. The average molecular weight is 236 g/mol. The molecule has 0 fully saturated rings. The number of carbonyl (C=O) groups excluding carboxylic acids is 1. The van der Waals surface area contributed by atoms with Crippen molar-refractivity contribution in [2.75, 3.05) is 0 Å². The topological polar surface area (TPSA) is 17.1 Å². The molecule has 0 aliphatic carbocycles. The van der Waals surface area contributed by atoms with Gasteiger partial charge in [0.1, 0.15) is 0 Å². The van der Waals surface area contributed by atoms with Gasteiger partial charge in [-0.3, -0.25) is 4.79 Å². The Morgan fingerprint density at radius 2 is 1.71 bits per heavy atom.